The standard InChI is InChI=1S/C21H25ClN4O/c1-23-21(25-13-16-8-10-19(22)11-9-16)24-12-4-7-20(27)26-14-17-5-2-3-6-18(17)15-26/h2-3,5-6,8-11H,4,7,12-15H2,1H3,(H2,23,24,25). The molecule has 0 aliphatic carbocycles. The van der Waals surface area contributed by atoms with Crippen molar-refractivity contribution in [2.75, 3.05) is 13.6 Å². The molecular weight excluding hydrogens is 360 g/mol. The van der Waals surface area contributed by atoms with Gasteiger partial charge in [-0.1, -0.05) is 48.0 Å². The molecule has 1 aliphatic heterocycles. The Morgan fingerprint density at radius 3 is 2.37 bits per heavy atom. The molecule has 0 saturated heterocycles. The lowest BCUT2D eigenvalue weighted by molar-refractivity contribution is -0.131. The molecule has 2 aromatic rings. The Balaban J connectivity index is 1.35. The van der Waals surface area contributed by atoms with Crippen molar-refractivity contribution in [3.05, 3.63) is 70.2 Å². The van der Waals surface area contributed by atoms with Crippen LogP contribution in [0.25, 0.3) is 0 Å². The number of halogens is 1. The van der Waals surface area contributed by atoms with Crippen LogP contribution in [0.2, 0.25) is 5.02 Å². The van der Waals surface area contributed by atoms with E-state index < -0.39 is 0 Å². The van der Waals surface area contributed by atoms with Gasteiger partial charge in [-0.05, 0) is 35.2 Å². The van der Waals surface area contributed by atoms with E-state index in [1.807, 2.05) is 41.3 Å². The fourth-order valence-corrected chi connectivity index (χ4v) is 3.25. The Hall–Kier alpha value is -2.53. The minimum absolute atomic E-state index is 0.206. The van der Waals surface area contributed by atoms with Crippen LogP contribution in [0, 0.1) is 0 Å². The fourth-order valence-electron chi connectivity index (χ4n) is 3.12. The number of fused-ring (bicyclic) bond motifs is 1. The number of amides is 1. The summed E-state index contributed by atoms with van der Waals surface area (Å²) < 4.78 is 0. The first-order chi connectivity index (χ1) is 13.2. The Bertz CT molecular complexity index is 779. The van der Waals surface area contributed by atoms with Gasteiger partial charge in [0.2, 0.25) is 5.91 Å². The maximum atomic E-state index is 12.4. The molecule has 1 amide bonds. The van der Waals surface area contributed by atoms with Crippen LogP contribution in [0.1, 0.15) is 29.5 Å². The molecule has 0 radical (unpaired) electrons. The minimum Gasteiger partial charge on any atom is -0.356 e. The summed E-state index contributed by atoms with van der Waals surface area (Å²) in [6.45, 7) is 2.83. The van der Waals surface area contributed by atoms with Crippen LogP contribution in [0.4, 0.5) is 0 Å². The number of rotatable bonds is 6. The summed E-state index contributed by atoms with van der Waals surface area (Å²) in [5.74, 6) is 0.933. The van der Waals surface area contributed by atoms with Crippen molar-refractivity contribution in [2.24, 2.45) is 4.99 Å². The second-order valence-electron chi connectivity index (χ2n) is 6.60. The molecular formula is C21H25ClN4O. The zero-order valence-electron chi connectivity index (χ0n) is 15.5. The highest BCUT2D eigenvalue weighted by Gasteiger charge is 2.22. The van der Waals surface area contributed by atoms with Crippen LogP contribution in [-0.2, 0) is 24.4 Å². The second-order valence-corrected chi connectivity index (χ2v) is 7.04. The highest BCUT2D eigenvalue weighted by Crippen LogP contribution is 2.22. The van der Waals surface area contributed by atoms with E-state index in [0.29, 0.717) is 19.5 Å². The lowest BCUT2D eigenvalue weighted by atomic mass is 10.1. The molecule has 5 nitrogen and oxygen atoms in total. The van der Waals surface area contributed by atoms with Crippen molar-refractivity contribution in [1.29, 1.82) is 0 Å². The molecule has 0 atom stereocenters. The lowest BCUT2D eigenvalue weighted by Gasteiger charge is -2.16. The second kappa shape index (κ2) is 9.42. The summed E-state index contributed by atoms with van der Waals surface area (Å²) in [6, 6.07) is 16.0. The van der Waals surface area contributed by atoms with E-state index in [1.165, 1.54) is 11.1 Å². The molecule has 0 unspecified atom stereocenters. The van der Waals surface area contributed by atoms with E-state index in [-0.39, 0.29) is 5.91 Å². The zero-order valence-corrected chi connectivity index (χ0v) is 16.3. The normalized spacial score (nSPS) is 13.4. The van der Waals surface area contributed by atoms with Crippen LogP contribution in [0.3, 0.4) is 0 Å². The summed E-state index contributed by atoms with van der Waals surface area (Å²) in [5, 5.41) is 7.25. The molecule has 142 valence electrons. The van der Waals surface area contributed by atoms with Gasteiger partial charge in [0.05, 0.1) is 0 Å². The molecule has 1 heterocycles. The number of benzene rings is 2. The SMILES string of the molecule is CN=C(NCCCC(=O)N1Cc2ccccc2C1)NCc1ccc(Cl)cc1. The van der Waals surface area contributed by atoms with Gasteiger partial charge in [0.15, 0.2) is 5.96 Å². The Labute approximate surface area is 165 Å². The van der Waals surface area contributed by atoms with Crippen molar-refractivity contribution >= 4 is 23.5 Å². The van der Waals surface area contributed by atoms with E-state index in [1.54, 1.807) is 7.05 Å². The first-order valence-corrected chi connectivity index (χ1v) is 9.57. The molecule has 6 heteroatoms. The van der Waals surface area contributed by atoms with Crippen molar-refractivity contribution in [1.82, 2.24) is 15.5 Å². The van der Waals surface area contributed by atoms with E-state index in [9.17, 15) is 4.79 Å². The maximum absolute atomic E-state index is 12.4. The van der Waals surface area contributed by atoms with E-state index >= 15 is 0 Å². The summed E-state index contributed by atoms with van der Waals surface area (Å²) >= 11 is 5.90. The summed E-state index contributed by atoms with van der Waals surface area (Å²) in [4.78, 5) is 18.6. The lowest BCUT2D eigenvalue weighted by Crippen LogP contribution is -2.37. The van der Waals surface area contributed by atoms with Crippen LogP contribution in [-0.4, -0.2) is 30.4 Å². The predicted octanol–water partition coefficient (Wildman–Crippen LogP) is 3.33. The topological polar surface area (TPSA) is 56.7 Å². The third kappa shape index (κ3) is 5.47. The van der Waals surface area contributed by atoms with Gasteiger partial charge in [0, 0.05) is 44.7 Å². The largest absolute Gasteiger partial charge is 0.356 e. The summed E-state index contributed by atoms with van der Waals surface area (Å²) in [6.07, 6.45) is 1.31. The Morgan fingerprint density at radius 1 is 1.07 bits per heavy atom. The van der Waals surface area contributed by atoms with Crippen molar-refractivity contribution in [3.63, 3.8) is 0 Å². The van der Waals surface area contributed by atoms with Gasteiger partial charge in [-0.2, -0.15) is 0 Å². The van der Waals surface area contributed by atoms with Gasteiger partial charge in [0.1, 0.15) is 0 Å². The fraction of sp³-hybridized carbons (Fsp3) is 0.333. The third-order valence-electron chi connectivity index (χ3n) is 4.65. The highest BCUT2D eigenvalue weighted by atomic mass is 35.5. The van der Waals surface area contributed by atoms with Crippen LogP contribution >= 0.6 is 11.6 Å². The van der Waals surface area contributed by atoms with Gasteiger partial charge in [-0.3, -0.25) is 9.79 Å². The molecule has 1 aliphatic rings. The quantitative estimate of drug-likeness (QED) is 0.456. The molecule has 0 fully saturated rings. The van der Waals surface area contributed by atoms with Gasteiger partial charge >= 0.3 is 0 Å². The maximum Gasteiger partial charge on any atom is 0.223 e. The molecule has 0 bridgehead atoms. The number of aliphatic imine (C=N–C) groups is 1. The van der Waals surface area contributed by atoms with E-state index in [0.717, 1.165) is 36.1 Å². The number of nitrogens with zero attached hydrogens (tertiary/aromatic N) is 2. The molecule has 3 rings (SSSR count). The minimum atomic E-state index is 0.206. The first-order valence-electron chi connectivity index (χ1n) is 9.19. The number of guanidine groups is 1. The Morgan fingerprint density at radius 2 is 1.74 bits per heavy atom. The summed E-state index contributed by atoms with van der Waals surface area (Å²) in [7, 11) is 1.74. The summed E-state index contributed by atoms with van der Waals surface area (Å²) in [5.41, 5.74) is 3.65. The monoisotopic (exact) mass is 384 g/mol. The first kappa shape index (κ1) is 19.2. The van der Waals surface area contributed by atoms with Crippen LogP contribution < -0.4 is 10.6 Å². The molecule has 0 aromatic heterocycles. The average molecular weight is 385 g/mol. The van der Waals surface area contributed by atoms with Gasteiger partial charge in [0.25, 0.3) is 0 Å². The van der Waals surface area contributed by atoms with Crippen molar-refractivity contribution < 1.29 is 4.79 Å². The number of carbonyl (C=O) groups is 1. The number of hydrogen-bond acceptors (Lipinski definition) is 2. The molecule has 2 aromatic carbocycles. The predicted molar refractivity (Wildman–Crippen MR) is 110 cm³/mol. The molecule has 27 heavy (non-hydrogen) atoms. The number of nitrogens with one attached hydrogen (secondary N) is 2. The Kier molecular flexibility index (Phi) is 6.71. The molecule has 0 saturated carbocycles. The van der Waals surface area contributed by atoms with Gasteiger partial charge in [-0.25, -0.2) is 0 Å². The van der Waals surface area contributed by atoms with E-state index in [4.69, 9.17) is 11.6 Å². The molecule has 2 N–H and O–H groups in total. The highest BCUT2D eigenvalue weighted by molar-refractivity contribution is 6.30. The van der Waals surface area contributed by atoms with E-state index in [2.05, 4.69) is 27.8 Å². The number of carbonyl (C=O) groups excluding carboxylic acids is 1. The smallest absolute Gasteiger partial charge is 0.223 e. The van der Waals surface area contributed by atoms with Crippen molar-refractivity contribution in [3.8, 4) is 0 Å². The van der Waals surface area contributed by atoms with Crippen LogP contribution in [0.15, 0.2) is 53.5 Å². The molecule has 0 spiro atoms. The average Bonchev–Trinajstić information content (AvgIpc) is 3.13. The van der Waals surface area contributed by atoms with Gasteiger partial charge < -0.3 is 15.5 Å². The number of hydrogen-bond donors (Lipinski definition) is 2. The third-order valence-corrected chi connectivity index (χ3v) is 4.90. The van der Waals surface area contributed by atoms with Crippen LogP contribution in [0.5, 0.6) is 0 Å². The van der Waals surface area contributed by atoms with Crippen molar-refractivity contribution in [2.45, 2.75) is 32.5 Å². The zero-order chi connectivity index (χ0) is 19.1. The van der Waals surface area contributed by atoms with Gasteiger partial charge in [-0.15, -0.1) is 0 Å².